The molecule has 0 unspecified atom stereocenters. The highest BCUT2D eigenvalue weighted by Gasteiger charge is 1.96. The van der Waals surface area contributed by atoms with Crippen molar-refractivity contribution in [2.45, 2.75) is 20.8 Å². The van der Waals surface area contributed by atoms with Crippen LogP contribution in [-0.2, 0) is 0 Å². The molecule has 0 fully saturated rings. The molecule has 0 bridgehead atoms. The molecular weight excluding hydrogens is 160 g/mol. The maximum Gasteiger partial charge on any atom is 0.125 e. The van der Waals surface area contributed by atoms with Crippen LogP contribution in [-0.4, -0.2) is 9.97 Å². The van der Waals surface area contributed by atoms with Gasteiger partial charge in [0.1, 0.15) is 5.82 Å². The van der Waals surface area contributed by atoms with Crippen molar-refractivity contribution in [3.05, 3.63) is 36.4 Å². The smallest absolute Gasteiger partial charge is 0.125 e. The molecule has 1 heterocycles. The summed E-state index contributed by atoms with van der Waals surface area (Å²) in [5.41, 5.74) is 1.76. The minimum absolute atomic E-state index is 0.755. The van der Waals surface area contributed by atoms with Crippen LogP contribution >= 0.6 is 0 Å². The summed E-state index contributed by atoms with van der Waals surface area (Å²) < 4.78 is 0. The fraction of sp³-hybridized carbons (Fsp3) is 0.273. The molecule has 13 heavy (non-hydrogen) atoms. The first kappa shape index (κ1) is 11.6. The fourth-order valence-electron chi connectivity index (χ4n) is 0.818. The van der Waals surface area contributed by atoms with Crippen LogP contribution in [0.4, 0.5) is 0 Å². The van der Waals surface area contributed by atoms with E-state index in [2.05, 4.69) is 23.1 Å². The molecule has 2 nitrogen and oxygen atoms in total. The molecule has 0 aliphatic rings. The number of hydrogen-bond donors (Lipinski definition) is 0. The van der Waals surface area contributed by atoms with Gasteiger partial charge in [0.15, 0.2) is 0 Å². The van der Waals surface area contributed by atoms with E-state index in [0.717, 1.165) is 17.1 Å². The third-order valence-corrected chi connectivity index (χ3v) is 1.38. The minimum atomic E-state index is 0.755. The lowest BCUT2D eigenvalue weighted by molar-refractivity contribution is 1.04. The van der Waals surface area contributed by atoms with E-state index in [1.54, 1.807) is 18.3 Å². The second-order valence-electron chi connectivity index (χ2n) is 2.17. The van der Waals surface area contributed by atoms with Crippen molar-refractivity contribution in [2.75, 3.05) is 0 Å². The normalized spacial score (nSPS) is 8.23. The summed E-state index contributed by atoms with van der Waals surface area (Å²) in [6.45, 7) is 13.1. The Labute approximate surface area is 80.1 Å². The third kappa shape index (κ3) is 3.20. The van der Waals surface area contributed by atoms with Gasteiger partial charge in [0, 0.05) is 11.8 Å². The average Bonchev–Trinajstić information content (AvgIpc) is 2.20. The van der Waals surface area contributed by atoms with Gasteiger partial charge in [-0.15, -0.1) is 0 Å². The van der Waals surface area contributed by atoms with Crippen LogP contribution in [0.3, 0.4) is 0 Å². The fourth-order valence-corrected chi connectivity index (χ4v) is 0.818. The number of nitrogens with zero attached hydrogens (tertiary/aromatic N) is 2. The lowest BCUT2D eigenvalue weighted by Gasteiger charge is -1.98. The lowest BCUT2D eigenvalue weighted by Crippen LogP contribution is -1.92. The summed E-state index contributed by atoms with van der Waals surface area (Å²) in [5, 5.41) is 0. The van der Waals surface area contributed by atoms with Crippen LogP contribution in [0.15, 0.2) is 19.4 Å². The highest BCUT2D eigenvalue weighted by atomic mass is 14.9. The molecule has 0 amide bonds. The first-order valence-corrected chi connectivity index (χ1v) is 4.36. The van der Waals surface area contributed by atoms with Crippen molar-refractivity contribution in [2.24, 2.45) is 0 Å². The second-order valence-corrected chi connectivity index (χ2v) is 2.17. The van der Waals surface area contributed by atoms with Gasteiger partial charge in [-0.3, -0.25) is 0 Å². The molecule has 0 aromatic carbocycles. The highest BCUT2D eigenvalue weighted by molar-refractivity contribution is 5.59. The van der Waals surface area contributed by atoms with Gasteiger partial charge in [0.05, 0.1) is 5.69 Å². The SMILES string of the molecule is C=Cc1cnc(C)nc1C=C.CC. The Bertz CT molecular complexity index is 290. The summed E-state index contributed by atoms with van der Waals surface area (Å²) in [7, 11) is 0. The Morgan fingerprint density at radius 2 is 1.85 bits per heavy atom. The molecule has 0 aliphatic heterocycles. The van der Waals surface area contributed by atoms with Crippen LogP contribution in [0.25, 0.3) is 12.2 Å². The second kappa shape index (κ2) is 6.12. The average molecular weight is 176 g/mol. The van der Waals surface area contributed by atoms with Crippen LogP contribution < -0.4 is 0 Å². The van der Waals surface area contributed by atoms with Crippen molar-refractivity contribution >= 4 is 12.2 Å². The van der Waals surface area contributed by atoms with E-state index in [4.69, 9.17) is 0 Å². The lowest BCUT2D eigenvalue weighted by atomic mass is 10.2. The largest absolute Gasteiger partial charge is 0.241 e. The monoisotopic (exact) mass is 176 g/mol. The van der Waals surface area contributed by atoms with Crippen molar-refractivity contribution in [3.63, 3.8) is 0 Å². The van der Waals surface area contributed by atoms with E-state index in [1.807, 2.05) is 20.8 Å². The first-order chi connectivity index (χ1) is 6.27. The summed E-state index contributed by atoms with van der Waals surface area (Å²) in [5.74, 6) is 0.755. The summed E-state index contributed by atoms with van der Waals surface area (Å²) in [6, 6.07) is 0. The van der Waals surface area contributed by atoms with Gasteiger partial charge in [-0.1, -0.05) is 33.1 Å². The molecular formula is C11H16N2. The minimum Gasteiger partial charge on any atom is -0.241 e. The predicted molar refractivity (Wildman–Crippen MR) is 58.3 cm³/mol. The van der Waals surface area contributed by atoms with Gasteiger partial charge in [-0.2, -0.15) is 0 Å². The summed E-state index contributed by atoms with van der Waals surface area (Å²) in [4.78, 5) is 8.19. The number of aromatic nitrogens is 2. The number of aryl methyl sites for hydroxylation is 1. The molecule has 2 heteroatoms. The number of rotatable bonds is 2. The van der Waals surface area contributed by atoms with Gasteiger partial charge in [0.2, 0.25) is 0 Å². The Kier molecular flexibility index (Phi) is 5.44. The van der Waals surface area contributed by atoms with E-state index in [1.165, 1.54) is 0 Å². The van der Waals surface area contributed by atoms with E-state index < -0.39 is 0 Å². The van der Waals surface area contributed by atoms with Gasteiger partial charge < -0.3 is 0 Å². The van der Waals surface area contributed by atoms with E-state index in [0.29, 0.717) is 0 Å². The maximum atomic E-state index is 4.16. The van der Waals surface area contributed by atoms with Crippen molar-refractivity contribution in [3.8, 4) is 0 Å². The van der Waals surface area contributed by atoms with E-state index in [9.17, 15) is 0 Å². The van der Waals surface area contributed by atoms with Crippen LogP contribution in [0.2, 0.25) is 0 Å². The topological polar surface area (TPSA) is 25.8 Å². The molecule has 0 aliphatic carbocycles. The molecule has 1 aromatic heterocycles. The van der Waals surface area contributed by atoms with E-state index in [-0.39, 0.29) is 0 Å². The quantitative estimate of drug-likeness (QED) is 0.692. The summed E-state index contributed by atoms with van der Waals surface area (Å²) in [6.07, 6.45) is 5.16. The Hall–Kier alpha value is -1.44. The molecule has 70 valence electrons. The Morgan fingerprint density at radius 3 is 2.31 bits per heavy atom. The molecule has 0 atom stereocenters. The van der Waals surface area contributed by atoms with Gasteiger partial charge in [-0.05, 0) is 13.0 Å². The van der Waals surface area contributed by atoms with Crippen LogP contribution in [0.1, 0.15) is 30.9 Å². The van der Waals surface area contributed by atoms with Gasteiger partial charge in [0.25, 0.3) is 0 Å². The third-order valence-electron chi connectivity index (χ3n) is 1.38. The zero-order chi connectivity index (χ0) is 10.3. The Morgan fingerprint density at radius 1 is 1.23 bits per heavy atom. The van der Waals surface area contributed by atoms with Crippen molar-refractivity contribution in [1.29, 1.82) is 0 Å². The standard InChI is InChI=1S/C9H10N2.C2H6/c1-4-8-6-10-7(3)11-9(8)5-2;1-2/h4-6H,1-2H2,3H3;1-2H3. The maximum absolute atomic E-state index is 4.16. The highest BCUT2D eigenvalue weighted by Crippen LogP contribution is 2.07. The van der Waals surface area contributed by atoms with Crippen molar-refractivity contribution < 1.29 is 0 Å². The molecule has 0 spiro atoms. The van der Waals surface area contributed by atoms with Crippen LogP contribution in [0.5, 0.6) is 0 Å². The molecule has 0 saturated heterocycles. The predicted octanol–water partition coefficient (Wildman–Crippen LogP) is 3.10. The van der Waals surface area contributed by atoms with E-state index >= 15 is 0 Å². The molecule has 1 aromatic rings. The zero-order valence-electron chi connectivity index (χ0n) is 8.54. The van der Waals surface area contributed by atoms with Gasteiger partial charge >= 0.3 is 0 Å². The molecule has 1 rings (SSSR count). The molecule has 0 saturated carbocycles. The van der Waals surface area contributed by atoms with Crippen LogP contribution in [0, 0.1) is 6.92 Å². The van der Waals surface area contributed by atoms with Gasteiger partial charge in [-0.25, -0.2) is 9.97 Å². The molecule has 0 N–H and O–H groups in total. The molecule has 0 radical (unpaired) electrons. The number of hydrogen-bond acceptors (Lipinski definition) is 2. The first-order valence-electron chi connectivity index (χ1n) is 4.36. The zero-order valence-corrected chi connectivity index (χ0v) is 8.54. The van der Waals surface area contributed by atoms with Crippen molar-refractivity contribution in [1.82, 2.24) is 9.97 Å². The Balaban J connectivity index is 0.000000671. The summed E-state index contributed by atoms with van der Waals surface area (Å²) >= 11 is 0.